The summed E-state index contributed by atoms with van der Waals surface area (Å²) in [5, 5.41) is 2.06. The first kappa shape index (κ1) is 15.1. The van der Waals surface area contributed by atoms with Crippen LogP contribution in [0.4, 0.5) is 4.79 Å². The van der Waals surface area contributed by atoms with Gasteiger partial charge in [-0.3, -0.25) is 15.0 Å². The molecule has 0 radical (unpaired) electrons. The average molecular weight is 293 g/mol. The van der Waals surface area contributed by atoms with Crippen molar-refractivity contribution in [3.8, 4) is 11.5 Å². The van der Waals surface area contributed by atoms with E-state index in [1.54, 1.807) is 0 Å². The smallest absolute Gasteiger partial charge is 0.318 e. The van der Waals surface area contributed by atoms with Crippen molar-refractivity contribution in [2.75, 3.05) is 26.3 Å². The summed E-state index contributed by atoms with van der Waals surface area (Å²) >= 11 is 0. The van der Waals surface area contributed by atoms with Crippen molar-refractivity contribution in [2.45, 2.75) is 13.5 Å². The highest BCUT2D eigenvalue weighted by atomic mass is 16.6. The highest BCUT2D eigenvalue weighted by molar-refractivity contribution is 5.94. The van der Waals surface area contributed by atoms with Crippen LogP contribution in [0.25, 0.3) is 0 Å². The van der Waals surface area contributed by atoms with Gasteiger partial charge in [-0.2, -0.15) is 0 Å². The zero-order valence-electron chi connectivity index (χ0n) is 11.9. The molecule has 0 spiro atoms. The quantitative estimate of drug-likeness (QED) is 0.823. The standard InChI is InChI=1S/C14H19N3O4/c1-2-17(9-13(18)16-14(15)19)8-10-3-4-11-12(7-10)21-6-5-20-11/h3-4,7H,2,5-6,8-9H2,1H3,(H3,15,16,18,19). The Morgan fingerprint density at radius 2 is 2.00 bits per heavy atom. The van der Waals surface area contributed by atoms with Crippen LogP contribution in [0.1, 0.15) is 12.5 Å². The van der Waals surface area contributed by atoms with Crippen LogP contribution in [0.5, 0.6) is 11.5 Å². The summed E-state index contributed by atoms with van der Waals surface area (Å²) in [6.45, 7) is 4.37. The first-order chi connectivity index (χ1) is 10.1. The molecular weight excluding hydrogens is 274 g/mol. The minimum atomic E-state index is -0.838. The van der Waals surface area contributed by atoms with E-state index in [4.69, 9.17) is 15.2 Å². The molecule has 3 N–H and O–H groups in total. The molecule has 114 valence electrons. The molecule has 3 amide bonds. The lowest BCUT2D eigenvalue weighted by Gasteiger charge is -2.22. The van der Waals surface area contributed by atoms with Gasteiger partial charge in [0.1, 0.15) is 13.2 Å². The molecule has 0 saturated heterocycles. The zero-order valence-corrected chi connectivity index (χ0v) is 11.9. The summed E-state index contributed by atoms with van der Waals surface area (Å²) in [6.07, 6.45) is 0. The van der Waals surface area contributed by atoms with E-state index in [0.29, 0.717) is 26.3 Å². The number of amides is 3. The highest BCUT2D eigenvalue weighted by Crippen LogP contribution is 2.31. The summed E-state index contributed by atoms with van der Waals surface area (Å²) in [7, 11) is 0. The number of nitrogens with two attached hydrogens (primary N) is 1. The Hall–Kier alpha value is -2.28. The van der Waals surface area contributed by atoms with Crippen LogP contribution < -0.4 is 20.5 Å². The van der Waals surface area contributed by atoms with Gasteiger partial charge in [0.2, 0.25) is 5.91 Å². The summed E-state index contributed by atoms with van der Waals surface area (Å²) in [5.41, 5.74) is 5.93. The topological polar surface area (TPSA) is 93.9 Å². The third-order valence-corrected chi connectivity index (χ3v) is 3.09. The van der Waals surface area contributed by atoms with Crippen LogP contribution in [0.3, 0.4) is 0 Å². The average Bonchev–Trinajstić information content (AvgIpc) is 2.45. The monoisotopic (exact) mass is 293 g/mol. The predicted octanol–water partition coefficient (Wildman–Crippen LogP) is 0.475. The number of hydrogen-bond donors (Lipinski definition) is 2. The fraction of sp³-hybridized carbons (Fsp3) is 0.429. The molecule has 21 heavy (non-hydrogen) atoms. The molecule has 0 aromatic heterocycles. The first-order valence-corrected chi connectivity index (χ1v) is 6.78. The second-order valence-electron chi connectivity index (χ2n) is 4.69. The maximum absolute atomic E-state index is 11.5. The fourth-order valence-corrected chi connectivity index (χ4v) is 2.10. The van der Waals surface area contributed by atoms with Crippen LogP contribution in [0, 0.1) is 0 Å². The van der Waals surface area contributed by atoms with Crippen molar-refractivity contribution in [3.05, 3.63) is 23.8 Å². The van der Waals surface area contributed by atoms with Crippen LogP contribution >= 0.6 is 0 Å². The van der Waals surface area contributed by atoms with Gasteiger partial charge in [-0.1, -0.05) is 13.0 Å². The molecule has 1 aliphatic rings. The van der Waals surface area contributed by atoms with Gasteiger partial charge in [0.05, 0.1) is 6.54 Å². The Morgan fingerprint density at radius 3 is 2.67 bits per heavy atom. The molecule has 7 nitrogen and oxygen atoms in total. The van der Waals surface area contributed by atoms with E-state index < -0.39 is 11.9 Å². The molecule has 0 aliphatic carbocycles. The molecule has 0 saturated carbocycles. The summed E-state index contributed by atoms with van der Waals surface area (Å²) < 4.78 is 11.0. The molecule has 7 heteroatoms. The maximum atomic E-state index is 11.5. The number of nitrogens with one attached hydrogen (secondary N) is 1. The van der Waals surface area contributed by atoms with E-state index in [9.17, 15) is 9.59 Å². The lowest BCUT2D eigenvalue weighted by Crippen LogP contribution is -2.42. The lowest BCUT2D eigenvalue weighted by molar-refractivity contribution is -0.121. The Morgan fingerprint density at radius 1 is 1.29 bits per heavy atom. The number of nitrogens with zero attached hydrogens (tertiary/aromatic N) is 1. The molecular formula is C14H19N3O4. The van der Waals surface area contributed by atoms with E-state index in [1.165, 1.54) is 0 Å². The normalized spacial score (nSPS) is 13.0. The van der Waals surface area contributed by atoms with Gasteiger partial charge in [0.25, 0.3) is 0 Å². The Labute approximate surface area is 123 Å². The Balaban J connectivity index is 1.98. The maximum Gasteiger partial charge on any atom is 0.318 e. The number of likely N-dealkylation sites (N-methyl/N-ethyl adjacent to an activating group) is 1. The van der Waals surface area contributed by atoms with Gasteiger partial charge in [-0.05, 0) is 24.2 Å². The lowest BCUT2D eigenvalue weighted by atomic mass is 10.2. The van der Waals surface area contributed by atoms with E-state index in [-0.39, 0.29) is 6.54 Å². The molecule has 1 aliphatic heterocycles. The summed E-state index contributed by atoms with van der Waals surface area (Å²) in [5.74, 6) is 1.04. The highest BCUT2D eigenvalue weighted by Gasteiger charge is 2.14. The van der Waals surface area contributed by atoms with Gasteiger partial charge in [0.15, 0.2) is 11.5 Å². The third kappa shape index (κ3) is 4.35. The molecule has 1 aromatic rings. The van der Waals surface area contributed by atoms with E-state index >= 15 is 0 Å². The van der Waals surface area contributed by atoms with Gasteiger partial charge in [-0.15, -0.1) is 0 Å². The van der Waals surface area contributed by atoms with E-state index in [1.807, 2.05) is 30.0 Å². The Kier molecular flexibility index (Phi) is 4.99. The van der Waals surface area contributed by atoms with Gasteiger partial charge in [0, 0.05) is 6.54 Å². The molecule has 1 heterocycles. The largest absolute Gasteiger partial charge is 0.486 e. The van der Waals surface area contributed by atoms with Gasteiger partial charge < -0.3 is 15.2 Å². The molecule has 0 unspecified atom stereocenters. The molecule has 0 fully saturated rings. The molecule has 2 rings (SSSR count). The van der Waals surface area contributed by atoms with Crippen LogP contribution in [-0.4, -0.2) is 43.1 Å². The number of carbonyl (C=O) groups is 2. The van der Waals surface area contributed by atoms with Gasteiger partial charge >= 0.3 is 6.03 Å². The van der Waals surface area contributed by atoms with Crippen molar-refractivity contribution in [1.82, 2.24) is 10.2 Å². The molecule has 1 aromatic carbocycles. The van der Waals surface area contributed by atoms with E-state index in [0.717, 1.165) is 17.1 Å². The van der Waals surface area contributed by atoms with Crippen molar-refractivity contribution >= 4 is 11.9 Å². The molecule has 0 bridgehead atoms. The Bertz CT molecular complexity index is 533. The first-order valence-electron chi connectivity index (χ1n) is 6.78. The van der Waals surface area contributed by atoms with Crippen molar-refractivity contribution in [1.29, 1.82) is 0 Å². The van der Waals surface area contributed by atoms with Crippen LogP contribution in [-0.2, 0) is 11.3 Å². The summed E-state index contributed by atoms with van der Waals surface area (Å²) in [6, 6.07) is 4.86. The number of fused-ring (bicyclic) bond motifs is 1. The second kappa shape index (κ2) is 6.94. The van der Waals surface area contributed by atoms with Crippen LogP contribution in [0.2, 0.25) is 0 Å². The third-order valence-electron chi connectivity index (χ3n) is 3.09. The SMILES string of the molecule is CCN(CC(=O)NC(N)=O)Cc1ccc2c(c1)OCCO2. The second-order valence-corrected chi connectivity index (χ2v) is 4.69. The fourth-order valence-electron chi connectivity index (χ4n) is 2.10. The number of imide groups is 1. The minimum Gasteiger partial charge on any atom is -0.486 e. The number of urea groups is 1. The number of carbonyl (C=O) groups excluding carboxylic acids is 2. The van der Waals surface area contributed by atoms with Crippen LogP contribution in [0.15, 0.2) is 18.2 Å². The number of hydrogen-bond acceptors (Lipinski definition) is 5. The van der Waals surface area contributed by atoms with Crippen molar-refractivity contribution in [3.63, 3.8) is 0 Å². The zero-order chi connectivity index (χ0) is 15.2. The molecule has 0 atom stereocenters. The van der Waals surface area contributed by atoms with Crippen molar-refractivity contribution < 1.29 is 19.1 Å². The van der Waals surface area contributed by atoms with Crippen molar-refractivity contribution in [2.24, 2.45) is 5.73 Å². The predicted molar refractivity (Wildman–Crippen MR) is 76.1 cm³/mol. The number of ether oxygens (including phenoxy) is 2. The number of primary amides is 1. The number of rotatable bonds is 5. The minimum absolute atomic E-state index is 0.105. The van der Waals surface area contributed by atoms with E-state index in [2.05, 4.69) is 5.32 Å². The summed E-state index contributed by atoms with van der Waals surface area (Å²) in [4.78, 5) is 24.1. The van der Waals surface area contributed by atoms with Gasteiger partial charge in [-0.25, -0.2) is 4.79 Å². The number of benzene rings is 1.